The summed E-state index contributed by atoms with van der Waals surface area (Å²) in [5, 5.41) is 10.2. The van der Waals surface area contributed by atoms with Gasteiger partial charge in [0.25, 0.3) is 0 Å². The van der Waals surface area contributed by atoms with E-state index in [1.165, 1.54) is 30.3 Å². The van der Waals surface area contributed by atoms with E-state index in [-0.39, 0.29) is 11.3 Å². The van der Waals surface area contributed by atoms with Gasteiger partial charge in [-0.2, -0.15) is 0 Å². The molecule has 0 aromatic heterocycles. The van der Waals surface area contributed by atoms with Gasteiger partial charge in [-0.1, -0.05) is 34.8 Å². The van der Waals surface area contributed by atoms with Crippen LogP contribution in [0.5, 0.6) is 11.5 Å². The monoisotopic (exact) mass is 316 g/mol. The van der Waals surface area contributed by atoms with Gasteiger partial charge in [-0.3, -0.25) is 0 Å². The van der Waals surface area contributed by atoms with Crippen LogP contribution in [-0.2, 0) is 0 Å². The second kappa shape index (κ2) is 5.70. The van der Waals surface area contributed by atoms with Gasteiger partial charge in [-0.15, -0.1) is 0 Å². The molecule has 3 nitrogen and oxygen atoms in total. The summed E-state index contributed by atoms with van der Waals surface area (Å²) in [4.78, 5) is 11.1. The quantitative estimate of drug-likeness (QED) is 0.853. The Bertz CT molecular complexity index is 621. The Morgan fingerprint density at radius 3 is 2.16 bits per heavy atom. The van der Waals surface area contributed by atoms with E-state index in [9.17, 15) is 4.79 Å². The van der Waals surface area contributed by atoms with Crippen LogP contribution in [0.1, 0.15) is 10.4 Å². The second-order valence-electron chi connectivity index (χ2n) is 3.65. The topological polar surface area (TPSA) is 46.5 Å². The normalized spacial score (nSPS) is 10.3. The molecule has 2 aromatic carbocycles. The van der Waals surface area contributed by atoms with Crippen molar-refractivity contribution < 1.29 is 14.6 Å². The first-order chi connectivity index (χ1) is 8.95. The van der Waals surface area contributed by atoms with Crippen molar-refractivity contribution in [2.45, 2.75) is 0 Å². The van der Waals surface area contributed by atoms with Crippen molar-refractivity contribution in [2.75, 3.05) is 0 Å². The maximum Gasteiger partial charge on any atom is 0.339 e. The zero-order valence-electron chi connectivity index (χ0n) is 9.36. The van der Waals surface area contributed by atoms with Crippen LogP contribution in [0.3, 0.4) is 0 Å². The Morgan fingerprint density at radius 1 is 0.947 bits per heavy atom. The van der Waals surface area contributed by atoms with Crippen LogP contribution < -0.4 is 4.74 Å². The van der Waals surface area contributed by atoms with Gasteiger partial charge in [-0.25, -0.2) is 4.79 Å². The molecule has 0 saturated carbocycles. The number of carboxylic acid groups (broad SMARTS) is 1. The van der Waals surface area contributed by atoms with Crippen LogP contribution in [0.15, 0.2) is 36.4 Å². The first-order valence-corrected chi connectivity index (χ1v) is 6.26. The van der Waals surface area contributed by atoms with E-state index >= 15 is 0 Å². The average Bonchev–Trinajstić information content (AvgIpc) is 2.30. The van der Waals surface area contributed by atoms with Crippen LogP contribution in [0.2, 0.25) is 15.1 Å². The maximum atomic E-state index is 11.1. The van der Waals surface area contributed by atoms with Crippen molar-refractivity contribution >= 4 is 40.8 Å². The Balaban J connectivity index is 2.40. The Hall–Kier alpha value is -1.42. The SMILES string of the molecule is O=C(O)c1cc(Cl)ccc1Oc1cc(Cl)cc(Cl)c1. The third-order valence-electron chi connectivity index (χ3n) is 2.24. The molecule has 2 aromatic rings. The highest BCUT2D eigenvalue weighted by atomic mass is 35.5. The number of ether oxygens (including phenoxy) is 1. The van der Waals surface area contributed by atoms with Gasteiger partial charge < -0.3 is 9.84 Å². The number of rotatable bonds is 3. The zero-order chi connectivity index (χ0) is 14.0. The summed E-state index contributed by atoms with van der Waals surface area (Å²) in [6.45, 7) is 0. The van der Waals surface area contributed by atoms with Gasteiger partial charge in [0.2, 0.25) is 0 Å². The summed E-state index contributed by atoms with van der Waals surface area (Å²) in [6, 6.07) is 8.94. The van der Waals surface area contributed by atoms with Crippen molar-refractivity contribution in [1.29, 1.82) is 0 Å². The minimum absolute atomic E-state index is 0.0383. The third kappa shape index (κ3) is 3.53. The van der Waals surface area contributed by atoms with E-state index in [1.807, 2.05) is 0 Å². The largest absolute Gasteiger partial charge is 0.478 e. The number of hydrogen-bond donors (Lipinski definition) is 1. The molecule has 0 unspecified atom stereocenters. The lowest BCUT2D eigenvalue weighted by molar-refractivity contribution is 0.0694. The molecule has 6 heteroatoms. The van der Waals surface area contributed by atoms with Crippen LogP contribution >= 0.6 is 34.8 Å². The molecule has 0 atom stereocenters. The zero-order valence-corrected chi connectivity index (χ0v) is 11.6. The molecule has 0 bridgehead atoms. The standard InChI is InChI=1S/C13H7Cl3O3/c14-7-1-2-12(11(6-7)13(17)18)19-10-4-8(15)3-9(16)5-10/h1-6H,(H,17,18). The number of aromatic carboxylic acids is 1. The summed E-state index contributed by atoms with van der Waals surface area (Å²) >= 11 is 17.4. The van der Waals surface area contributed by atoms with E-state index in [0.717, 1.165) is 0 Å². The fourth-order valence-corrected chi connectivity index (χ4v) is 2.15. The third-order valence-corrected chi connectivity index (χ3v) is 2.91. The molecule has 0 heterocycles. The predicted octanol–water partition coefficient (Wildman–Crippen LogP) is 5.14. The maximum absolute atomic E-state index is 11.1. The number of benzene rings is 2. The molecule has 0 fully saturated rings. The van der Waals surface area contributed by atoms with Crippen LogP contribution in [0.25, 0.3) is 0 Å². The number of carbonyl (C=O) groups is 1. The summed E-state index contributed by atoms with van der Waals surface area (Å²) < 4.78 is 5.48. The molecule has 0 amide bonds. The number of hydrogen-bond acceptors (Lipinski definition) is 2. The lowest BCUT2D eigenvalue weighted by Gasteiger charge is -2.09. The van der Waals surface area contributed by atoms with Crippen LogP contribution in [0.4, 0.5) is 0 Å². The highest BCUT2D eigenvalue weighted by Crippen LogP contribution is 2.31. The molecule has 0 aliphatic heterocycles. The average molecular weight is 318 g/mol. The molecule has 0 saturated heterocycles. The van der Waals surface area contributed by atoms with Crippen molar-refractivity contribution in [3.05, 3.63) is 57.0 Å². The van der Waals surface area contributed by atoms with Crippen molar-refractivity contribution in [1.82, 2.24) is 0 Å². The Kier molecular flexibility index (Phi) is 4.20. The van der Waals surface area contributed by atoms with Gasteiger partial charge >= 0.3 is 5.97 Å². The minimum Gasteiger partial charge on any atom is -0.478 e. The summed E-state index contributed by atoms with van der Waals surface area (Å²) in [5.74, 6) is -0.622. The van der Waals surface area contributed by atoms with Crippen LogP contribution in [0, 0.1) is 0 Å². The second-order valence-corrected chi connectivity index (χ2v) is 4.96. The lowest BCUT2D eigenvalue weighted by atomic mass is 10.2. The summed E-state index contributed by atoms with van der Waals surface area (Å²) in [7, 11) is 0. The van der Waals surface area contributed by atoms with Crippen molar-refractivity contribution in [3.63, 3.8) is 0 Å². The van der Waals surface area contributed by atoms with Gasteiger partial charge in [0.05, 0.1) is 0 Å². The molecule has 0 aliphatic carbocycles. The summed E-state index contributed by atoms with van der Waals surface area (Å²) in [6.07, 6.45) is 0. The summed E-state index contributed by atoms with van der Waals surface area (Å²) in [5.41, 5.74) is -0.0383. The molecule has 1 N–H and O–H groups in total. The predicted molar refractivity (Wildman–Crippen MR) is 74.9 cm³/mol. The highest BCUT2D eigenvalue weighted by Gasteiger charge is 2.13. The minimum atomic E-state index is -1.13. The first kappa shape index (κ1) is 14.0. The number of halogens is 3. The fraction of sp³-hybridized carbons (Fsp3) is 0. The first-order valence-electron chi connectivity index (χ1n) is 5.12. The lowest BCUT2D eigenvalue weighted by Crippen LogP contribution is -2.00. The van der Waals surface area contributed by atoms with Gasteiger partial charge in [-0.05, 0) is 36.4 Å². The fourth-order valence-electron chi connectivity index (χ4n) is 1.47. The van der Waals surface area contributed by atoms with Crippen molar-refractivity contribution in [2.24, 2.45) is 0 Å². The van der Waals surface area contributed by atoms with E-state index in [4.69, 9.17) is 44.6 Å². The molecule has 2 rings (SSSR count). The highest BCUT2D eigenvalue weighted by molar-refractivity contribution is 6.34. The smallest absolute Gasteiger partial charge is 0.339 e. The molecule has 19 heavy (non-hydrogen) atoms. The van der Waals surface area contributed by atoms with E-state index in [2.05, 4.69) is 0 Å². The Morgan fingerprint density at radius 2 is 1.58 bits per heavy atom. The molecule has 0 spiro atoms. The molecule has 98 valence electrons. The number of carboxylic acids is 1. The van der Waals surface area contributed by atoms with Crippen molar-refractivity contribution in [3.8, 4) is 11.5 Å². The molecule has 0 aliphatic rings. The van der Waals surface area contributed by atoms with E-state index in [1.54, 1.807) is 6.07 Å². The molecular weight excluding hydrogens is 310 g/mol. The van der Waals surface area contributed by atoms with Gasteiger partial charge in [0, 0.05) is 15.1 Å². The van der Waals surface area contributed by atoms with E-state index < -0.39 is 5.97 Å². The van der Waals surface area contributed by atoms with Gasteiger partial charge in [0.1, 0.15) is 17.1 Å². The Labute approximate surface area is 124 Å². The van der Waals surface area contributed by atoms with Gasteiger partial charge in [0.15, 0.2) is 0 Å². The van der Waals surface area contributed by atoms with E-state index in [0.29, 0.717) is 20.8 Å². The molecule has 0 radical (unpaired) electrons. The molecular formula is C13H7Cl3O3. The van der Waals surface area contributed by atoms with Crippen LogP contribution in [-0.4, -0.2) is 11.1 Å².